The summed E-state index contributed by atoms with van der Waals surface area (Å²) >= 11 is 0. The van der Waals surface area contributed by atoms with Crippen LogP contribution < -0.4 is 5.32 Å². The van der Waals surface area contributed by atoms with Gasteiger partial charge in [-0.3, -0.25) is 4.90 Å². The quantitative estimate of drug-likeness (QED) is 0.713. The topological polar surface area (TPSA) is 15.3 Å². The van der Waals surface area contributed by atoms with Crippen LogP contribution in [0.4, 0.5) is 4.39 Å². The van der Waals surface area contributed by atoms with Crippen LogP contribution in [0.25, 0.3) is 0 Å². The van der Waals surface area contributed by atoms with Crippen LogP contribution in [0.5, 0.6) is 0 Å². The van der Waals surface area contributed by atoms with Gasteiger partial charge in [-0.25, -0.2) is 4.39 Å². The molecular weight excluding hydrogens is 203 g/mol. The van der Waals surface area contributed by atoms with Gasteiger partial charge in [-0.2, -0.15) is 0 Å². The molecule has 16 heavy (non-hydrogen) atoms. The van der Waals surface area contributed by atoms with E-state index in [1.807, 2.05) is 6.07 Å². The van der Waals surface area contributed by atoms with E-state index in [1.54, 1.807) is 6.07 Å². The zero-order chi connectivity index (χ0) is 11.0. The Morgan fingerprint density at radius 1 is 1.38 bits per heavy atom. The summed E-state index contributed by atoms with van der Waals surface area (Å²) < 4.78 is 13.8. The smallest absolute Gasteiger partial charge is 0.127 e. The van der Waals surface area contributed by atoms with Crippen LogP contribution in [0.3, 0.4) is 0 Å². The van der Waals surface area contributed by atoms with E-state index >= 15 is 0 Å². The number of aryl methyl sites for hydroxylation is 1. The lowest BCUT2D eigenvalue weighted by molar-refractivity contribution is 0.150. The van der Waals surface area contributed by atoms with E-state index in [1.165, 1.54) is 5.56 Å². The average Bonchev–Trinajstić information content (AvgIpc) is 2.50. The Labute approximate surface area is 95.4 Å². The fraction of sp³-hybridized carbons (Fsp3) is 0.538. The maximum Gasteiger partial charge on any atom is 0.127 e. The first-order valence-electron chi connectivity index (χ1n) is 6.05. The van der Waals surface area contributed by atoms with E-state index in [2.05, 4.69) is 16.3 Å². The number of rotatable bonds is 0. The second-order valence-corrected chi connectivity index (χ2v) is 4.74. The Bertz CT molecular complexity index is 392. The molecule has 0 aliphatic carbocycles. The predicted octanol–water partition coefficient (Wildman–Crippen LogP) is 1.55. The molecule has 86 valence electrons. The molecule has 1 N–H and O–H groups in total. The summed E-state index contributed by atoms with van der Waals surface area (Å²) in [4.78, 5) is 2.42. The summed E-state index contributed by atoms with van der Waals surface area (Å²) in [7, 11) is 0. The van der Waals surface area contributed by atoms with E-state index in [0.717, 1.165) is 44.6 Å². The molecule has 2 aliphatic heterocycles. The summed E-state index contributed by atoms with van der Waals surface area (Å²) in [5.41, 5.74) is 2.13. The van der Waals surface area contributed by atoms with Gasteiger partial charge in [-0.1, -0.05) is 12.1 Å². The molecule has 1 saturated heterocycles. The highest BCUT2D eigenvalue weighted by Crippen LogP contribution is 2.25. The van der Waals surface area contributed by atoms with E-state index in [9.17, 15) is 4.39 Å². The van der Waals surface area contributed by atoms with Crippen LogP contribution in [0, 0.1) is 5.82 Å². The number of fused-ring (bicyclic) bond motifs is 2. The molecule has 0 saturated carbocycles. The van der Waals surface area contributed by atoms with Crippen LogP contribution in [0.1, 0.15) is 17.5 Å². The largest absolute Gasteiger partial charge is 0.314 e. The summed E-state index contributed by atoms with van der Waals surface area (Å²) in [6.07, 6.45) is 2.15. The Hall–Kier alpha value is -0.930. The number of halogens is 1. The van der Waals surface area contributed by atoms with Gasteiger partial charge in [0.15, 0.2) is 0 Å². The molecule has 0 radical (unpaired) electrons. The third kappa shape index (κ3) is 1.74. The van der Waals surface area contributed by atoms with E-state index in [0.29, 0.717) is 6.04 Å². The van der Waals surface area contributed by atoms with Crippen LogP contribution in [0.2, 0.25) is 0 Å². The second kappa shape index (κ2) is 4.15. The average molecular weight is 220 g/mol. The molecule has 1 aromatic carbocycles. The standard InChI is InChI=1S/C13H17FN2/c14-13-3-1-2-10-4-5-11-8-15-6-7-16(11)9-12(10)13/h1-3,11,15H,4-9H2. The summed E-state index contributed by atoms with van der Waals surface area (Å²) in [5, 5.41) is 3.42. The molecule has 0 spiro atoms. The fourth-order valence-corrected chi connectivity index (χ4v) is 2.84. The van der Waals surface area contributed by atoms with Gasteiger partial charge in [0.05, 0.1) is 0 Å². The van der Waals surface area contributed by atoms with Crippen molar-refractivity contribution in [2.45, 2.75) is 25.4 Å². The SMILES string of the molecule is Fc1cccc2c1CN1CCNCC1CC2. The third-order valence-electron chi connectivity index (χ3n) is 3.80. The van der Waals surface area contributed by atoms with Crippen LogP contribution in [-0.2, 0) is 13.0 Å². The Kier molecular flexibility index (Phi) is 2.65. The van der Waals surface area contributed by atoms with Crippen LogP contribution in [0.15, 0.2) is 18.2 Å². The molecule has 2 aliphatic rings. The van der Waals surface area contributed by atoms with Crippen LogP contribution >= 0.6 is 0 Å². The minimum atomic E-state index is -0.0308. The van der Waals surface area contributed by atoms with Crippen LogP contribution in [-0.4, -0.2) is 30.6 Å². The van der Waals surface area contributed by atoms with Crippen molar-refractivity contribution in [3.63, 3.8) is 0 Å². The molecule has 2 heterocycles. The Morgan fingerprint density at radius 2 is 2.31 bits per heavy atom. The van der Waals surface area contributed by atoms with Crippen molar-refractivity contribution in [3.05, 3.63) is 35.1 Å². The van der Waals surface area contributed by atoms with Gasteiger partial charge in [0, 0.05) is 37.8 Å². The molecule has 0 aromatic heterocycles. The first-order valence-corrected chi connectivity index (χ1v) is 6.05. The van der Waals surface area contributed by atoms with Gasteiger partial charge in [0.25, 0.3) is 0 Å². The maximum absolute atomic E-state index is 13.8. The monoisotopic (exact) mass is 220 g/mol. The molecule has 3 heteroatoms. The minimum absolute atomic E-state index is 0.0308. The highest BCUT2D eigenvalue weighted by molar-refractivity contribution is 5.30. The van der Waals surface area contributed by atoms with Crippen molar-refractivity contribution in [2.75, 3.05) is 19.6 Å². The molecule has 1 atom stereocenters. The highest BCUT2D eigenvalue weighted by Gasteiger charge is 2.26. The summed E-state index contributed by atoms with van der Waals surface area (Å²) in [5.74, 6) is -0.0308. The number of piperazine rings is 1. The summed E-state index contributed by atoms with van der Waals surface area (Å²) in [6, 6.07) is 6.07. The Balaban J connectivity index is 1.93. The second-order valence-electron chi connectivity index (χ2n) is 4.74. The number of benzene rings is 1. The third-order valence-corrected chi connectivity index (χ3v) is 3.80. The first kappa shape index (κ1) is 10.2. The zero-order valence-corrected chi connectivity index (χ0v) is 9.38. The minimum Gasteiger partial charge on any atom is -0.314 e. The van der Waals surface area contributed by atoms with E-state index in [4.69, 9.17) is 0 Å². The van der Waals surface area contributed by atoms with E-state index in [-0.39, 0.29) is 5.82 Å². The van der Waals surface area contributed by atoms with Gasteiger partial charge in [0.2, 0.25) is 0 Å². The lowest BCUT2D eigenvalue weighted by Crippen LogP contribution is -2.50. The molecule has 0 amide bonds. The van der Waals surface area contributed by atoms with Gasteiger partial charge in [0.1, 0.15) is 5.82 Å². The highest BCUT2D eigenvalue weighted by atomic mass is 19.1. The lowest BCUT2D eigenvalue weighted by Gasteiger charge is -2.34. The van der Waals surface area contributed by atoms with Crippen molar-refractivity contribution in [3.8, 4) is 0 Å². The molecule has 2 nitrogen and oxygen atoms in total. The van der Waals surface area contributed by atoms with Crippen molar-refractivity contribution < 1.29 is 4.39 Å². The Morgan fingerprint density at radius 3 is 3.25 bits per heavy atom. The molecule has 1 fully saturated rings. The summed E-state index contributed by atoms with van der Waals surface area (Å²) in [6.45, 7) is 3.91. The van der Waals surface area contributed by atoms with Crippen molar-refractivity contribution in [2.24, 2.45) is 0 Å². The fourth-order valence-electron chi connectivity index (χ4n) is 2.84. The molecule has 0 bridgehead atoms. The number of nitrogens with zero attached hydrogens (tertiary/aromatic N) is 1. The molecule has 3 rings (SSSR count). The van der Waals surface area contributed by atoms with Crippen molar-refractivity contribution in [1.29, 1.82) is 0 Å². The molecule has 1 unspecified atom stereocenters. The predicted molar refractivity (Wildman–Crippen MR) is 61.8 cm³/mol. The van der Waals surface area contributed by atoms with Crippen molar-refractivity contribution in [1.82, 2.24) is 10.2 Å². The van der Waals surface area contributed by atoms with Gasteiger partial charge >= 0.3 is 0 Å². The molecule has 1 aromatic rings. The number of hydrogen-bond donors (Lipinski definition) is 1. The number of nitrogens with one attached hydrogen (secondary N) is 1. The lowest BCUT2D eigenvalue weighted by atomic mass is 10.0. The van der Waals surface area contributed by atoms with Gasteiger partial charge in [-0.15, -0.1) is 0 Å². The van der Waals surface area contributed by atoms with Gasteiger partial charge in [-0.05, 0) is 24.5 Å². The number of hydrogen-bond acceptors (Lipinski definition) is 2. The maximum atomic E-state index is 13.8. The van der Waals surface area contributed by atoms with E-state index < -0.39 is 0 Å². The van der Waals surface area contributed by atoms with Crippen molar-refractivity contribution >= 4 is 0 Å². The normalized spacial score (nSPS) is 25.7. The zero-order valence-electron chi connectivity index (χ0n) is 9.38. The first-order chi connectivity index (χ1) is 7.84. The van der Waals surface area contributed by atoms with Gasteiger partial charge < -0.3 is 5.32 Å². The molecular formula is C13H17FN2.